The zero-order chi connectivity index (χ0) is 13.1. The van der Waals surface area contributed by atoms with Gasteiger partial charge in [-0.3, -0.25) is 4.79 Å². The van der Waals surface area contributed by atoms with Gasteiger partial charge >= 0.3 is 5.97 Å². The molecule has 0 unspecified atom stereocenters. The van der Waals surface area contributed by atoms with Crippen molar-refractivity contribution in [2.24, 2.45) is 11.3 Å². The van der Waals surface area contributed by atoms with E-state index in [-0.39, 0.29) is 11.9 Å². The molecule has 0 radical (unpaired) electrons. The molecule has 1 rings (SSSR count). The first-order chi connectivity index (χ1) is 7.83. The van der Waals surface area contributed by atoms with Crippen LogP contribution in [-0.2, 0) is 9.53 Å². The van der Waals surface area contributed by atoms with Gasteiger partial charge < -0.3 is 9.64 Å². The van der Waals surface area contributed by atoms with Crippen LogP contribution in [0.4, 0.5) is 0 Å². The van der Waals surface area contributed by atoms with Crippen LogP contribution in [0.15, 0.2) is 0 Å². The molecule has 3 nitrogen and oxygen atoms in total. The molecule has 17 heavy (non-hydrogen) atoms. The number of nitrogens with zero attached hydrogens (tertiary/aromatic N) is 1. The zero-order valence-corrected chi connectivity index (χ0v) is 12.0. The highest BCUT2D eigenvalue weighted by atomic mass is 16.5. The SMILES string of the molecule is COC(=O)C1CCC(N(C)CC(C)(C)C)CC1. The summed E-state index contributed by atoms with van der Waals surface area (Å²) in [5, 5.41) is 0. The third-order valence-electron chi connectivity index (χ3n) is 3.58. The molecule has 0 spiro atoms. The van der Waals surface area contributed by atoms with Crippen LogP contribution in [0.25, 0.3) is 0 Å². The summed E-state index contributed by atoms with van der Waals surface area (Å²) < 4.78 is 4.81. The Bertz CT molecular complexity index is 249. The lowest BCUT2D eigenvalue weighted by atomic mass is 9.84. The van der Waals surface area contributed by atoms with E-state index in [2.05, 4.69) is 32.7 Å². The summed E-state index contributed by atoms with van der Waals surface area (Å²) in [7, 11) is 3.69. The molecule has 0 aromatic rings. The molecular formula is C14H27NO2. The van der Waals surface area contributed by atoms with Crippen molar-refractivity contribution in [2.75, 3.05) is 20.7 Å². The van der Waals surface area contributed by atoms with Crippen LogP contribution in [0, 0.1) is 11.3 Å². The summed E-state index contributed by atoms with van der Waals surface area (Å²) in [6, 6.07) is 0.634. The Hall–Kier alpha value is -0.570. The Labute approximate surface area is 106 Å². The quantitative estimate of drug-likeness (QED) is 0.712. The molecule has 0 atom stereocenters. The van der Waals surface area contributed by atoms with Crippen LogP contribution in [0.5, 0.6) is 0 Å². The molecule has 1 aliphatic carbocycles. The van der Waals surface area contributed by atoms with Crippen LogP contribution in [0.1, 0.15) is 46.5 Å². The summed E-state index contributed by atoms with van der Waals surface area (Å²) in [6.07, 6.45) is 4.19. The largest absolute Gasteiger partial charge is 0.469 e. The van der Waals surface area contributed by atoms with E-state index in [4.69, 9.17) is 4.74 Å². The lowest BCUT2D eigenvalue weighted by Gasteiger charge is -2.37. The first-order valence-corrected chi connectivity index (χ1v) is 6.61. The van der Waals surface area contributed by atoms with E-state index in [1.165, 1.54) is 7.11 Å². The minimum absolute atomic E-state index is 0.0260. The van der Waals surface area contributed by atoms with Crippen LogP contribution in [-0.4, -0.2) is 37.6 Å². The van der Waals surface area contributed by atoms with Gasteiger partial charge in [0.05, 0.1) is 13.0 Å². The van der Waals surface area contributed by atoms with E-state index in [1.807, 2.05) is 0 Å². The summed E-state index contributed by atoms with van der Waals surface area (Å²) in [6.45, 7) is 7.91. The first-order valence-electron chi connectivity index (χ1n) is 6.61. The van der Waals surface area contributed by atoms with Crippen LogP contribution in [0.2, 0.25) is 0 Å². The van der Waals surface area contributed by atoms with E-state index >= 15 is 0 Å². The number of methoxy groups -OCH3 is 1. The van der Waals surface area contributed by atoms with Gasteiger partial charge in [0.1, 0.15) is 0 Å². The zero-order valence-electron chi connectivity index (χ0n) is 12.0. The molecule has 1 saturated carbocycles. The molecule has 0 bridgehead atoms. The van der Waals surface area contributed by atoms with Crippen molar-refractivity contribution >= 4 is 5.97 Å². The number of carbonyl (C=O) groups excluding carboxylic acids is 1. The molecule has 0 aromatic carbocycles. The van der Waals surface area contributed by atoms with E-state index < -0.39 is 0 Å². The Morgan fingerprint density at radius 2 is 1.76 bits per heavy atom. The highest BCUT2D eigenvalue weighted by Gasteiger charge is 2.29. The normalized spacial score (nSPS) is 26.0. The summed E-state index contributed by atoms with van der Waals surface area (Å²) in [4.78, 5) is 13.9. The van der Waals surface area contributed by atoms with Gasteiger partial charge in [-0.1, -0.05) is 20.8 Å². The third kappa shape index (κ3) is 4.66. The van der Waals surface area contributed by atoms with Gasteiger partial charge in [-0.25, -0.2) is 0 Å². The molecule has 0 aromatic heterocycles. The lowest BCUT2D eigenvalue weighted by molar-refractivity contribution is -0.146. The second-order valence-corrected chi connectivity index (χ2v) is 6.50. The minimum atomic E-state index is -0.0260. The number of carbonyl (C=O) groups is 1. The van der Waals surface area contributed by atoms with E-state index in [0.717, 1.165) is 32.2 Å². The molecule has 0 heterocycles. The molecule has 1 fully saturated rings. The van der Waals surface area contributed by atoms with Crippen LogP contribution < -0.4 is 0 Å². The third-order valence-corrected chi connectivity index (χ3v) is 3.58. The molecule has 0 N–H and O–H groups in total. The van der Waals surface area contributed by atoms with Crippen molar-refractivity contribution in [3.8, 4) is 0 Å². The first kappa shape index (κ1) is 14.5. The van der Waals surface area contributed by atoms with Gasteiger partial charge in [0.2, 0.25) is 0 Å². The average molecular weight is 241 g/mol. The van der Waals surface area contributed by atoms with E-state index in [0.29, 0.717) is 11.5 Å². The highest BCUT2D eigenvalue weighted by Crippen LogP contribution is 2.29. The summed E-state index contributed by atoms with van der Waals surface area (Å²) in [5.41, 5.74) is 0.341. The number of hydrogen-bond acceptors (Lipinski definition) is 3. The van der Waals surface area contributed by atoms with E-state index in [1.54, 1.807) is 0 Å². The number of ether oxygens (including phenoxy) is 1. The predicted molar refractivity (Wildman–Crippen MR) is 69.8 cm³/mol. The fourth-order valence-corrected chi connectivity index (χ4v) is 2.80. The second kappa shape index (κ2) is 5.85. The van der Waals surface area contributed by atoms with Crippen LogP contribution in [0.3, 0.4) is 0 Å². The molecular weight excluding hydrogens is 214 g/mol. The fourth-order valence-electron chi connectivity index (χ4n) is 2.80. The topological polar surface area (TPSA) is 29.5 Å². The summed E-state index contributed by atoms with van der Waals surface area (Å²) >= 11 is 0. The molecule has 1 aliphatic rings. The van der Waals surface area contributed by atoms with Crippen molar-refractivity contribution in [3.05, 3.63) is 0 Å². The molecule has 0 amide bonds. The smallest absolute Gasteiger partial charge is 0.308 e. The molecule has 0 aliphatic heterocycles. The van der Waals surface area contributed by atoms with Gasteiger partial charge in [0.15, 0.2) is 0 Å². The maximum Gasteiger partial charge on any atom is 0.308 e. The maximum atomic E-state index is 11.4. The number of esters is 1. The lowest BCUT2D eigenvalue weighted by Crippen LogP contribution is -2.40. The maximum absolute atomic E-state index is 11.4. The van der Waals surface area contributed by atoms with Gasteiger partial charge in [-0.15, -0.1) is 0 Å². The average Bonchev–Trinajstić information content (AvgIpc) is 2.26. The van der Waals surface area contributed by atoms with Crippen molar-refractivity contribution < 1.29 is 9.53 Å². The molecule has 3 heteroatoms. The Morgan fingerprint density at radius 3 is 2.18 bits per heavy atom. The van der Waals surface area contributed by atoms with Crippen molar-refractivity contribution in [1.82, 2.24) is 4.90 Å². The predicted octanol–water partition coefficient (Wildman–Crippen LogP) is 2.70. The highest BCUT2D eigenvalue weighted by molar-refractivity contribution is 5.72. The van der Waals surface area contributed by atoms with Crippen molar-refractivity contribution in [1.29, 1.82) is 0 Å². The standard InChI is InChI=1S/C14H27NO2/c1-14(2,3)10-15(4)12-8-6-11(7-9-12)13(16)17-5/h11-12H,6-10H2,1-5H3. The fraction of sp³-hybridized carbons (Fsp3) is 0.929. The monoisotopic (exact) mass is 241 g/mol. The van der Waals surface area contributed by atoms with Gasteiger partial charge in [0.25, 0.3) is 0 Å². The number of rotatable bonds is 3. The Balaban J connectivity index is 2.39. The van der Waals surface area contributed by atoms with E-state index in [9.17, 15) is 4.79 Å². The van der Waals surface area contributed by atoms with Crippen molar-refractivity contribution in [3.63, 3.8) is 0 Å². The summed E-state index contributed by atoms with van der Waals surface area (Å²) in [5.74, 6) is 0.112. The number of hydrogen-bond donors (Lipinski definition) is 0. The Kier molecular flexibility index (Phi) is 4.99. The Morgan fingerprint density at radius 1 is 1.24 bits per heavy atom. The van der Waals surface area contributed by atoms with Crippen LogP contribution >= 0.6 is 0 Å². The van der Waals surface area contributed by atoms with Crippen molar-refractivity contribution in [2.45, 2.75) is 52.5 Å². The molecule has 100 valence electrons. The van der Waals surface area contributed by atoms with Gasteiger partial charge in [0, 0.05) is 12.6 Å². The second-order valence-electron chi connectivity index (χ2n) is 6.50. The minimum Gasteiger partial charge on any atom is -0.469 e. The molecule has 0 saturated heterocycles. The van der Waals surface area contributed by atoms with Gasteiger partial charge in [-0.2, -0.15) is 0 Å². The van der Waals surface area contributed by atoms with Gasteiger partial charge in [-0.05, 0) is 38.1 Å².